The summed E-state index contributed by atoms with van der Waals surface area (Å²) in [5.74, 6) is 1.21. The summed E-state index contributed by atoms with van der Waals surface area (Å²) in [6.45, 7) is 2.86. The Labute approximate surface area is 170 Å². The molecule has 0 bridgehead atoms. The highest BCUT2D eigenvalue weighted by atomic mass is 32.2. The maximum absolute atomic E-state index is 12.9. The van der Waals surface area contributed by atoms with E-state index in [4.69, 9.17) is 4.74 Å². The van der Waals surface area contributed by atoms with E-state index in [1.165, 1.54) is 23.8 Å². The first-order valence-corrected chi connectivity index (χ1v) is 11.6. The normalized spacial score (nSPS) is 16.1. The summed E-state index contributed by atoms with van der Waals surface area (Å²) in [6, 6.07) is 11.4. The van der Waals surface area contributed by atoms with E-state index in [0.29, 0.717) is 29.8 Å². The predicted octanol–water partition coefficient (Wildman–Crippen LogP) is 3.04. The number of carbonyl (C=O) groups is 1. The number of methoxy groups -OCH3 is 1. The molecule has 1 amide bonds. The van der Waals surface area contributed by atoms with Crippen molar-refractivity contribution in [2.24, 2.45) is 5.92 Å². The van der Waals surface area contributed by atoms with Gasteiger partial charge in [-0.1, -0.05) is 18.2 Å². The molecule has 0 aliphatic carbocycles. The maximum Gasteiger partial charge on any atom is 0.252 e. The van der Waals surface area contributed by atoms with E-state index in [1.54, 1.807) is 23.5 Å². The third-order valence-electron chi connectivity index (χ3n) is 5.02. The van der Waals surface area contributed by atoms with Crippen LogP contribution in [0.1, 0.15) is 30.2 Å². The standard InChI is InChI=1S/C20H26N2O4S2/c1-15(23)21-14-18-7-8-20(27-18)28(24,25)22-11-9-16(10-12-22)13-17-5-3-4-6-19(17)26-2/h3-8,16H,9-14H2,1-2H3,(H,21,23). The van der Waals surface area contributed by atoms with Crippen LogP contribution in [0.25, 0.3) is 0 Å². The van der Waals surface area contributed by atoms with Gasteiger partial charge in [0.2, 0.25) is 5.91 Å². The van der Waals surface area contributed by atoms with Crippen LogP contribution >= 0.6 is 11.3 Å². The summed E-state index contributed by atoms with van der Waals surface area (Å²) in [4.78, 5) is 11.9. The van der Waals surface area contributed by atoms with Crippen LogP contribution in [0.5, 0.6) is 5.75 Å². The molecule has 1 aromatic heterocycles. The second-order valence-corrected chi connectivity index (χ2v) is 10.3. The molecule has 0 spiro atoms. The number of para-hydroxylation sites is 1. The quantitative estimate of drug-likeness (QED) is 0.744. The number of hydrogen-bond donors (Lipinski definition) is 1. The van der Waals surface area contributed by atoms with E-state index in [0.717, 1.165) is 29.9 Å². The summed E-state index contributed by atoms with van der Waals surface area (Å²) < 4.78 is 33.2. The third kappa shape index (κ3) is 4.92. The number of benzene rings is 1. The molecule has 28 heavy (non-hydrogen) atoms. The topological polar surface area (TPSA) is 75.7 Å². The molecule has 1 fully saturated rings. The van der Waals surface area contributed by atoms with Gasteiger partial charge in [0.1, 0.15) is 9.96 Å². The number of thiophene rings is 1. The molecule has 1 saturated heterocycles. The van der Waals surface area contributed by atoms with Crippen molar-refractivity contribution in [2.75, 3.05) is 20.2 Å². The van der Waals surface area contributed by atoms with Gasteiger partial charge in [0.05, 0.1) is 13.7 Å². The Bertz CT molecular complexity index is 916. The first kappa shape index (κ1) is 20.8. The van der Waals surface area contributed by atoms with Gasteiger partial charge >= 0.3 is 0 Å². The molecule has 0 unspecified atom stereocenters. The fourth-order valence-electron chi connectivity index (χ4n) is 3.47. The Balaban J connectivity index is 1.60. The van der Waals surface area contributed by atoms with Crippen LogP contribution in [0.15, 0.2) is 40.6 Å². The fourth-order valence-corrected chi connectivity index (χ4v) is 6.39. The lowest BCUT2D eigenvalue weighted by molar-refractivity contribution is -0.119. The molecule has 2 heterocycles. The highest BCUT2D eigenvalue weighted by Crippen LogP contribution is 2.31. The molecule has 2 aromatic rings. The molecule has 8 heteroatoms. The van der Waals surface area contributed by atoms with Gasteiger partial charge in [0, 0.05) is 24.9 Å². The molecule has 6 nitrogen and oxygen atoms in total. The minimum absolute atomic E-state index is 0.130. The molecule has 1 aliphatic heterocycles. The average Bonchev–Trinajstić information content (AvgIpc) is 3.17. The Morgan fingerprint density at radius 2 is 1.93 bits per heavy atom. The zero-order chi connectivity index (χ0) is 20.1. The van der Waals surface area contributed by atoms with Crippen molar-refractivity contribution in [2.45, 2.75) is 36.9 Å². The second-order valence-electron chi connectivity index (χ2n) is 6.99. The summed E-state index contributed by atoms with van der Waals surface area (Å²) in [6.07, 6.45) is 2.57. The number of amides is 1. The monoisotopic (exact) mass is 422 g/mol. The Kier molecular flexibility index (Phi) is 6.74. The van der Waals surface area contributed by atoms with Crippen molar-refractivity contribution < 1.29 is 17.9 Å². The number of sulfonamides is 1. The summed E-state index contributed by atoms with van der Waals surface area (Å²) in [5, 5.41) is 2.70. The first-order valence-electron chi connectivity index (χ1n) is 9.35. The highest BCUT2D eigenvalue weighted by molar-refractivity contribution is 7.91. The van der Waals surface area contributed by atoms with E-state index < -0.39 is 10.0 Å². The molecular formula is C20H26N2O4S2. The number of nitrogens with zero attached hydrogens (tertiary/aromatic N) is 1. The number of piperidine rings is 1. The van der Waals surface area contributed by atoms with Crippen molar-refractivity contribution in [3.05, 3.63) is 46.8 Å². The van der Waals surface area contributed by atoms with Crippen LogP contribution < -0.4 is 10.1 Å². The number of carbonyl (C=O) groups excluding carboxylic acids is 1. The van der Waals surface area contributed by atoms with Gasteiger partial charge in [-0.2, -0.15) is 4.31 Å². The summed E-state index contributed by atoms with van der Waals surface area (Å²) in [7, 11) is -1.80. The lowest BCUT2D eigenvalue weighted by Crippen LogP contribution is -2.38. The third-order valence-corrected chi connectivity index (χ3v) is 8.47. The second kappa shape index (κ2) is 9.07. The molecular weight excluding hydrogens is 396 g/mol. The molecule has 152 valence electrons. The van der Waals surface area contributed by atoms with Crippen molar-refractivity contribution in [1.29, 1.82) is 0 Å². The Morgan fingerprint density at radius 3 is 2.61 bits per heavy atom. The van der Waals surface area contributed by atoms with E-state index in [-0.39, 0.29) is 5.91 Å². The summed E-state index contributed by atoms with van der Waals surface area (Å²) >= 11 is 1.22. The van der Waals surface area contributed by atoms with E-state index in [9.17, 15) is 13.2 Å². The highest BCUT2D eigenvalue weighted by Gasteiger charge is 2.30. The van der Waals surface area contributed by atoms with Crippen LogP contribution in [-0.2, 0) is 27.8 Å². The van der Waals surface area contributed by atoms with E-state index in [1.807, 2.05) is 18.2 Å². The van der Waals surface area contributed by atoms with Crippen LogP contribution in [0.4, 0.5) is 0 Å². The van der Waals surface area contributed by atoms with Crippen LogP contribution in [0.3, 0.4) is 0 Å². The maximum atomic E-state index is 12.9. The smallest absolute Gasteiger partial charge is 0.252 e. The number of hydrogen-bond acceptors (Lipinski definition) is 5. The number of ether oxygens (including phenoxy) is 1. The zero-order valence-electron chi connectivity index (χ0n) is 16.2. The van der Waals surface area contributed by atoms with Gasteiger partial charge < -0.3 is 10.1 Å². The molecule has 1 N–H and O–H groups in total. The summed E-state index contributed by atoms with van der Waals surface area (Å²) in [5.41, 5.74) is 1.17. The van der Waals surface area contributed by atoms with Crippen molar-refractivity contribution >= 4 is 27.3 Å². The van der Waals surface area contributed by atoms with Crippen LogP contribution in [0, 0.1) is 5.92 Å². The largest absolute Gasteiger partial charge is 0.496 e. The number of nitrogens with one attached hydrogen (secondary N) is 1. The molecule has 0 radical (unpaired) electrons. The Hall–Kier alpha value is -1.90. The molecule has 0 saturated carbocycles. The van der Waals surface area contributed by atoms with E-state index in [2.05, 4.69) is 11.4 Å². The SMILES string of the molecule is COc1ccccc1CC1CCN(S(=O)(=O)c2ccc(CNC(C)=O)s2)CC1. The van der Waals surface area contributed by atoms with Crippen molar-refractivity contribution in [1.82, 2.24) is 9.62 Å². The van der Waals surface area contributed by atoms with Crippen molar-refractivity contribution in [3.8, 4) is 5.75 Å². The van der Waals surface area contributed by atoms with Gasteiger partial charge in [-0.05, 0) is 48.9 Å². The van der Waals surface area contributed by atoms with Gasteiger partial charge in [-0.15, -0.1) is 11.3 Å². The predicted molar refractivity (Wildman–Crippen MR) is 110 cm³/mol. The molecule has 1 aliphatic rings. The zero-order valence-corrected chi connectivity index (χ0v) is 17.8. The van der Waals surface area contributed by atoms with E-state index >= 15 is 0 Å². The van der Waals surface area contributed by atoms with Crippen molar-refractivity contribution in [3.63, 3.8) is 0 Å². The lowest BCUT2D eigenvalue weighted by Gasteiger charge is -2.31. The van der Waals surface area contributed by atoms with Gasteiger partial charge in [0.25, 0.3) is 10.0 Å². The minimum atomic E-state index is -3.47. The average molecular weight is 423 g/mol. The molecule has 3 rings (SSSR count). The molecule has 1 aromatic carbocycles. The Morgan fingerprint density at radius 1 is 1.21 bits per heavy atom. The fraction of sp³-hybridized carbons (Fsp3) is 0.450. The lowest BCUT2D eigenvalue weighted by atomic mass is 9.90. The van der Waals surface area contributed by atoms with Crippen LogP contribution in [0.2, 0.25) is 0 Å². The van der Waals surface area contributed by atoms with Gasteiger partial charge in [0.15, 0.2) is 0 Å². The van der Waals surface area contributed by atoms with Gasteiger partial charge in [-0.3, -0.25) is 4.79 Å². The van der Waals surface area contributed by atoms with Crippen LogP contribution in [-0.4, -0.2) is 38.8 Å². The first-order chi connectivity index (χ1) is 13.4. The van der Waals surface area contributed by atoms with Gasteiger partial charge in [-0.25, -0.2) is 8.42 Å². The minimum Gasteiger partial charge on any atom is -0.496 e. The molecule has 0 atom stereocenters. The number of rotatable bonds is 7.